The van der Waals surface area contributed by atoms with Crippen LogP contribution in [0, 0.1) is 0 Å². The van der Waals surface area contributed by atoms with Crippen LogP contribution in [0.15, 0.2) is 40.1 Å². The van der Waals surface area contributed by atoms with E-state index in [1.54, 1.807) is 5.32 Å². The second kappa shape index (κ2) is 12.1. The van der Waals surface area contributed by atoms with E-state index >= 15 is 0 Å². The van der Waals surface area contributed by atoms with Crippen molar-refractivity contribution in [3.63, 3.8) is 0 Å². The lowest BCUT2D eigenvalue weighted by Crippen LogP contribution is -2.36. The van der Waals surface area contributed by atoms with Crippen LogP contribution in [0.1, 0.15) is 34.8 Å². The van der Waals surface area contributed by atoms with Gasteiger partial charge in [-0.25, -0.2) is 4.79 Å². The second-order valence-electron chi connectivity index (χ2n) is 7.28. The van der Waals surface area contributed by atoms with Crippen molar-refractivity contribution < 1.29 is 32.6 Å². The van der Waals surface area contributed by atoms with E-state index in [1.165, 1.54) is 30.5 Å². The van der Waals surface area contributed by atoms with Crippen LogP contribution >= 0.6 is 0 Å². The second-order valence-corrected chi connectivity index (χ2v) is 7.28. The number of carbonyl (C=O) groups is 2. The molecule has 0 spiro atoms. The average molecular weight is 486 g/mol. The van der Waals surface area contributed by atoms with Crippen LogP contribution in [0.4, 0.5) is 13.2 Å². The summed E-state index contributed by atoms with van der Waals surface area (Å²) in [6.07, 6.45) is -3.45. The van der Waals surface area contributed by atoms with Crippen LogP contribution in [-0.4, -0.2) is 51.9 Å². The normalized spacial score (nSPS) is 12.3. The lowest BCUT2D eigenvalue weighted by atomic mass is 10.1. The molecule has 1 aromatic carbocycles. The molecule has 0 bridgehead atoms. The summed E-state index contributed by atoms with van der Waals surface area (Å²) in [6, 6.07) is 5.59. The number of carbonyl (C=O) groups excluding carboxylic acids is 2. The summed E-state index contributed by atoms with van der Waals surface area (Å²) >= 11 is 0. The molecule has 0 saturated heterocycles. The first-order chi connectivity index (χ1) is 16.0. The van der Waals surface area contributed by atoms with Gasteiger partial charge in [-0.3, -0.25) is 23.9 Å². The Morgan fingerprint density at radius 1 is 1.18 bits per heavy atom. The minimum Gasteiger partial charge on any atom is -0.394 e. The molecule has 13 heteroatoms. The van der Waals surface area contributed by atoms with Crippen molar-refractivity contribution in [2.75, 3.05) is 13.2 Å². The third kappa shape index (κ3) is 7.85. The zero-order valence-corrected chi connectivity index (χ0v) is 18.3. The molecule has 0 radical (unpaired) electrons. The van der Waals surface area contributed by atoms with E-state index in [-0.39, 0.29) is 44.0 Å². The standard InChI is InChI=1S/C21H25F3N4O6/c1-2-16(11-29)34-12-28-10-15(18(31)27-20(28)33)7-8-25-17(30)14-5-3-13(4-6-14)9-26-19(32)21(22,23)24/h3-6,10,16,29H,2,7-9,11-12H2,1H3,(H,25,30)(H,26,32)(H,27,31,33)/t16-/m0/s1. The molecular formula is C21H25F3N4O6. The number of hydrogen-bond acceptors (Lipinski definition) is 6. The van der Waals surface area contributed by atoms with E-state index in [9.17, 15) is 32.3 Å². The number of H-pyrrole nitrogens is 1. The fourth-order valence-electron chi connectivity index (χ4n) is 2.78. The molecule has 1 aromatic heterocycles. The van der Waals surface area contributed by atoms with Gasteiger partial charge in [0.1, 0.15) is 6.73 Å². The maximum Gasteiger partial charge on any atom is 0.471 e. The van der Waals surface area contributed by atoms with Gasteiger partial charge < -0.3 is 20.5 Å². The molecule has 2 amide bonds. The molecule has 34 heavy (non-hydrogen) atoms. The average Bonchev–Trinajstić information content (AvgIpc) is 2.80. The highest BCUT2D eigenvalue weighted by molar-refractivity contribution is 5.94. The topological polar surface area (TPSA) is 143 Å². The molecule has 2 aromatic rings. The smallest absolute Gasteiger partial charge is 0.394 e. The molecule has 10 nitrogen and oxygen atoms in total. The Bertz CT molecular complexity index is 1090. The SMILES string of the molecule is CC[C@@H](CO)OCn1cc(CCNC(=O)c2ccc(CNC(=O)C(F)(F)F)cc2)c(=O)[nH]c1=O. The molecule has 0 fully saturated rings. The van der Waals surface area contributed by atoms with Crippen molar-refractivity contribution in [1.29, 1.82) is 0 Å². The van der Waals surface area contributed by atoms with Crippen LogP contribution in [0.5, 0.6) is 0 Å². The summed E-state index contributed by atoms with van der Waals surface area (Å²) in [6.45, 7) is 1.16. The van der Waals surface area contributed by atoms with Crippen LogP contribution in [-0.2, 0) is 29.2 Å². The number of hydrogen-bond donors (Lipinski definition) is 4. The third-order valence-electron chi connectivity index (χ3n) is 4.80. The van der Waals surface area contributed by atoms with Gasteiger partial charge in [-0.2, -0.15) is 13.2 Å². The number of alkyl halides is 3. The van der Waals surface area contributed by atoms with Gasteiger partial charge in [0, 0.05) is 30.4 Å². The molecule has 0 unspecified atom stereocenters. The molecule has 1 heterocycles. The lowest BCUT2D eigenvalue weighted by Gasteiger charge is -2.14. The Hall–Kier alpha value is -3.45. The monoisotopic (exact) mass is 486 g/mol. The van der Waals surface area contributed by atoms with E-state index in [1.807, 2.05) is 6.92 Å². The number of nitrogens with zero attached hydrogens (tertiary/aromatic N) is 1. The van der Waals surface area contributed by atoms with Gasteiger partial charge in [-0.15, -0.1) is 0 Å². The van der Waals surface area contributed by atoms with Gasteiger partial charge in [0.25, 0.3) is 11.5 Å². The summed E-state index contributed by atoms with van der Waals surface area (Å²) in [5.74, 6) is -2.53. The van der Waals surface area contributed by atoms with Gasteiger partial charge in [-0.1, -0.05) is 19.1 Å². The van der Waals surface area contributed by atoms with E-state index in [2.05, 4.69) is 10.3 Å². The summed E-state index contributed by atoms with van der Waals surface area (Å²) < 4.78 is 43.2. The maximum atomic E-state index is 12.3. The number of ether oxygens (including phenoxy) is 1. The quantitative estimate of drug-likeness (QED) is 0.363. The highest BCUT2D eigenvalue weighted by atomic mass is 19.4. The van der Waals surface area contributed by atoms with Crippen molar-refractivity contribution in [3.05, 3.63) is 68.0 Å². The molecule has 2 rings (SSSR count). The minimum atomic E-state index is -4.97. The Labute approximate surface area is 191 Å². The van der Waals surface area contributed by atoms with Crippen molar-refractivity contribution in [2.45, 2.75) is 45.3 Å². The molecular weight excluding hydrogens is 461 g/mol. The van der Waals surface area contributed by atoms with Crippen molar-refractivity contribution in [2.24, 2.45) is 0 Å². The molecule has 0 aliphatic rings. The first-order valence-electron chi connectivity index (χ1n) is 10.3. The van der Waals surface area contributed by atoms with Gasteiger partial charge >= 0.3 is 17.8 Å². The minimum absolute atomic E-state index is 0.0680. The summed E-state index contributed by atoms with van der Waals surface area (Å²) in [4.78, 5) is 49.3. The summed E-state index contributed by atoms with van der Waals surface area (Å²) in [7, 11) is 0. The predicted octanol–water partition coefficient (Wildman–Crippen LogP) is 0.433. The van der Waals surface area contributed by atoms with Gasteiger partial charge in [0.2, 0.25) is 0 Å². The van der Waals surface area contributed by atoms with E-state index in [4.69, 9.17) is 9.84 Å². The molecule has 1 atom stereocenters. The van der Waals surface area contributed by atoms with Crippen molar-refractivity contribution in [3.8, 4) is 0 Å². The zero-order chi connectivity index (χ0) is 25.3. The van der Waals surface area contributed by atoms with Gasteiger partial charge in [0.15, 0.2) is 0 Å². The first-order valence-corrected chi connectivity index (χ1v) is 10.3. The summed E-state index contributed by atoms with van der Waals surface area (Å²) in [5, 5.41) is 13.5. The van der Waals surface area contributed by atoms with Crippen LogP contribution in [0.2, 0.25) is 0 Å². The predicted molar refractivity (Wildman–Crippen MR) is 114 cm³/mol. The van der Waals surface area contributed by atoms with E-state index < -0.39 is 35.3 Å². The van der Waals surface area contributed by atoms with Crippen molar-refractivity contribution >= 4 is 11.8 Å². The zero-order valence-electron chi connectivity index (χ0n) is 18.3. The number of aliphatic hydroxyl groups excluding tert-OH is 1. The number of aromatic nitrogens is 2. The first kappa shape index (κ1) is 26.8. The number of rotatable bonds is 11. The fourth-order valence-corrected chi connectivity index (χ4v) is 2.78. The van der Waals surface area contributed by atoms with Crippen LogP contribution in [0.25, 0.3) is 0 Å². The van der Waals surface area contributed by atoms with Crippen molar-refractivity contribution in [1.82, 2.24) is 20.2 Å². The van der Waals surface area contributed by atoms with Crippen LogP contribution in [0.3, 0.4) is 0 Å². The van der Waals surface area contributed by atoms with E-state index in [0.717, 1.165) is 4.57 Å². The largest absolute Gasteiger partial charge is 0.471 e. The third-order valence-corrected chi connectivity index (χ3v) is 4.80. The Morgan fingerprint density at radius 2 is 1.85 bits per heavy atom. The molecule has 186 valence electrons. The Balaban J connectivity index is 1.91. The van der Waals surface area contributed by atoms with Crippen LogP contribution < -0.4 is 21.9 Å². The number of halogens is 3. The Morgan fingerprint density at radius 3 is 2.44 bits per heavy atom. The van der Waals surface area contributed by atoms with Gasteiger partial charge in [0.05, 0.1) is 12.7 Å². The molecule has 0 saturated carbocycles. The number of aromatic amines is 1. The maximum absolute atomic E-state index is 12.3. The molecule has 0 aliphatic heterocycles. The summed E-state index contributed by atoms with van der Waals surface area (Å²) in [5.41, 5.74) is -0.437. The Kier molecular flexibility index (Phi) is 9.57. The highest BCUT2D eigenvalue weighted by Crippen LogP contribution is 2.14. The van der Waals surface area contributed by atoms with E-state index in [0.29, 0.717) is 12.0 Å². The fraction of sp³-hybridized carbons (Fsp3) is 0.429. The lowest BCUT2D eigenvalue weighted by molar-refractivity contribution is -0.173. The van der Waals surface area contributed by atoms with Gasteiger partial charge in [-0.05, 0) is 30.5 Å². The number of aliphatic hydroxyl groups is 1. The number of amides is 2. The highest BCUT2D eigenvalue weighted by Gasteiger charge is 2.38. The molecule has 4 N–H and O–H groups in total. The number of nitrogens with one attached hydrogen (secondary N) is 3. The number of benzene rings is 1. The molecule has 0 aliphatic carbocycles.